The molecular weight excluding hydrogens is 316 g/mol. The van der Waals surface area contributed by atoms with Gasteiger partial charge >= 0.3 is 0 Å². The summed E-state index contributed by atoms with van der Waals surface area (Å²) >= 11 is 1.73. The molecule has 0 aliphatic carbocycles. The van der Waals surface area contributed by atoms with Gasteiger partial charge in [-0.15, -0.1) is 11.3 Å². The van der Waals surface area contributed by atoms with Crippen LogP contribution in [0.4, 0.5) is 0 Å². The Hall–Kier alpha value is -2.46. The molecule has 1 amide bonds. The Labute approximate surface area is 146 Å². The molecule has 1 atom stereocenters. The van der Waals surface area contributed by atoms with Crippen molar-refractivity contribution >= 4 is 17.2 Å². The highest BCUT2D eigenvalue weighted by Gasteiger charge is 2.23. The number of nitrogens with zero attached hydrogens (tertiary/aromatic N) is 2. The summed E-state index contributed by atoms with van der Waals surface area (Å²) in [6.45, 7) is 2.69. The van der Waals surface area contributed by atoms with Crippen LogP contribution in [0.25, 0.3) is 0 Å². The van der Waals surface area contributed by atoms with Crippen molar-refractivity contribution in [1.82, 2.24) is 9.88 Å². The molecule has 0 aliphatic heterocycles. The zero-order chi connectivity index (χ0) is 16.8. The van der Waals surface area contributed by atoms with E-state index >= 15 is 0 Å². The van der Waals surface area contributed by atoms with Crippen molar-refractivity contribution in [3.63, 3.8) is 0 Å². The number of thiophene rings is 1. The average Bonchev–Trinajstić information content (AvgIpc) is 3.13. The van der Waals surface area contributed by atoms with E-state index in [4.69, 9.17) is 0 Å². The standard InChI is InChI=1S/C20H20N2OS/c1-16(14-18-10-7-13-24-18)22(15-17-8-3-2-4-9-17)20(23)19-11-5-6-12-21-19/h2-13,16H,14-15H2,1H3/t16-/m1/s1. The van der Waals surface area contributed by atoms with Crippen LogP contribution < -0.4 is 0 Å². The van der Waals surface area contributed by atoms with E-state index in [0.717, 1.165) is 12.0 Å². The zero-order valence-electron chi connectivity index (χ0n) is 13.6. The Bertz CT molecular complexity index is 757. The van der Waals surface area contributed by atoms with E-state index in [1.165, 1.54) is 4.88 Å². The molecule has 0 radical (unpaired) electrons. The molecule has 3 rings (SSSR count). The molecule has 1 aromatic carbocycles. The first-order valence-electron chi connectivity index (χ1n) is 8.02. The minimum Gasteiger partial charge on any atom is -0.330 e. The molecule has 0 spiro atoms. The smallest absolute Gasteiger partial charge is 0.272 e. The molecule has 0 unspecified atom stereocenters. The van der Waals surface area contributed by atoms with Crippen molar-refractivity contribution in [2.24, 2.45) is 0 Å². The normalized spacial score (nSPS) is 11.9. The van der Waals surface area contributed by atoms with Crippen molar-refractivity contribution in [3.8, 4) is 0 Å². The van der Waals surface area contributed by atoms with Crippen molar-refractivity contribution in [2.75, 3.05) is 0 Å². The van der Waals surface area contributed by atoms with Crippen LogP contribution in [-0.2, 0) is 13.0 Å². The predicted molar refractivity (Wildman–Crippen MR) is 98.0 cm³/mol. The molecule has 0 saturated carbocycles. The van der Waals surface area contributed by atoms with Gasteiger partial charge in [0, 0.05) is 30.1 Å². The highest BCUT2D eigenvalue weighted by Crippen LogP contribution is 2.18. The third kappa shape index (κ3) is 4.09. The number of hydrogen-bond acceptors (Lipinski definition) is 3. The summed E-state index contributed by atoms with van der Waals surface area (Å²) in [4.78, 5) is 20.4. The first-order chi connectivity index (χ1) is 11.7. The van der Waals surface area contributed by atoms with Crippen LogP contribution in [0.3, 0.4) is 0 Å². The van der Waals surface area contributed by atoms with Gasteiger partial charge in [-0.1, -0.05) is 42.5 Å². The molecule has 3 nitrogen and oxygen atoms in total. The van der Waals surface area contributed by atoms with Gasteiger partial charge in [-0.25, -0.2) is 0 Å². The topological polar surface area (TPSA) is 33.2 Å². The Morgan fingerprint density at radius 2 is 1.88 bits per heavy atom. The fourth-order valence-electron chi connectivity index (χ4n) is 2.67. The predicted octanol–water partition coefficient (Wildman–Crippen LogP) is 4.42. The Morgan fingerprint density at radius 1 is 1.08 bits per heavy atom. The lowest BCUT2D eigenvalue weighted by Crippen LogP contribution is -2.39. The van der Waals surface area contributed by atoms with Gasteiger partial charge in [0.25, 0.3) is 5.91 Å². The van der Waals surface area contributed by atoms with Gasteiger partial charge < -0.3 is 4.90 Å². The quantitative estimate of drug-likeness (QED) is 0.668. The summed E-state index contributed by atoms with van der Waals surface area (Å²) in [7, 11) is 0. The molecule has 122 valence electrons. The molecule has 3 aromatic rings. The maximum absolute atomic E-state index is 13.0. The second-order valence-electron chi connectivity index (χ2n) is 5.77. The highest BCUT2D eigenvalue weighted by molar-refractivity contribution is 7.09. The minimum absolute atomic E-state index is 0.0245. The van der Waals surface area contributed by atoms with E-state index in [2.05, 4.69) is 41.6 Å². The van der Waals surface area contributed by atoms with E-state index in [1.807, 2.05) is 35.2 Å². The summed E-state index contributed by atoms with van der Waals surface area (Å²) in [5, 5.41) is 2.07. The van der Waals surface area contributed by atoms with Crippen LogP contribution >= 0.6 is 11.3 Å². The van der Waals surface area contributed by atoms with Crippen molar-refractivity contribution in [3.05, 3.63) is 88.4 Å². The van der Waals surface area contributed by atoms with E-state index in [-0.39, 0.29) is 11.9 Å². The molecule has 2 aromatic heterocycles. The van der Waals surface area contributed by atoms with E-state index in [9.17, 15) is 4.79 Å². The molecule has 24 heavy (non-hydrogen) atoms. The van der Waals surface area contributed by atoms with Crippen LogP contribution in [-0.4, -0.2) is 21.8 Å². The Balaban J connectivity index is 1.83. The number of carbonyl (C=O) groups is 1. The maximum atomic E-state index is 13.0. The second-order valence-corrected chi connectivity index (χ2v) is 6.80. The number of amides is 1. The van der Waals surface area contributed by atoms with Gasteiger partial charge in [0.1, 0.15) is 5.69 Å². The number of aromatic nitrogens is 1. The lowest BCUT2D eigenvalue weighted by Gasteiger charge is -2.29. The van der Waals surface area contributed by atoms with Gasteiger partial charge in [0.05, 0.1) is 0 Å². The minimum atomic E-state index is -0.0245. The fraction of sp³-hybridized carbons (Fsp3) is 0.200. The maximum Gasteiger partial charge on any atom is 0.272 e. The second kappa shape index (κ2) is 7.88. The number of hydrogen-bond donors (Lipinski definition) is 0. The summed E-state index contributed by atoms with van der Waals surface area (Å²) in [6, 6.07) is 19.8. The molecular formula is C20H20N2OS. The summed E-state index contributed by atoms with van der Waals surface area (Å²) in [5.74, 6) is -0.0245. The van der Waals surface area contributed by atoms with Gasteiger partial charge in [0.2, 0.25) is 0 Å². The zero-order valence-corrected chi connectivity index (χ0v) is 14.4. The molecule has 2 heterocycles. The van der Waals surface area contributed by atoms with Gasteiger partial charge in [-0.2, -0.15) is 0 Å². The van der Waals surface area contributed by atoms with Crippen LogP contribution in [0.15, 0.2) is 72.2 Å². The summed E-state index contributed by atoms with van der Waals surface area (Å²) in [5.41, 5.74) is 1.62. The van der Waals surface area contributed by atoms with Crippen LogP contribution in [0, 0.1) is 0 Å². The first kappa shape index (κ1) is 16.4. The number of rotatable bonds is 6. The van der Waals surface area contributed by atoms with Crippen LogP contribution in [0.2, 0.25) is 0 Å². The average molecular weight is 336 g/mol. The third-order valence-electron chi connectivity index (χ3n) is 3.95. The van der Waals surface area contributed by atoms with Crippen molar-refractivity contribution in [1.29, 1.82) is 0 Å². The van der Waals surface area contributed by atoms with E-state index in [1.54, 1.807) is 23.6 Å². The van der Waals surface area contributed by atoms with Crippen molar-refractivity contribution in [2.45, 2.75) is 25.9 Å². The van der Waals surface area contributed by atoms with E-state index < -0.39 is 0 Å². The number of benzene rings is 1. The highest BCUT2D eigenvalue weighted by atomic mass is 32.1. The molecule has 0 bridgehead atoms. The molecule has 0 N–H and O–H groups in total. The summed E-state index contributed by atoms with van der Waals surface area (Å²) in [6.07, 6.45) is 2.51. The fourth-order valence-corrected chi connectivity index (χ4v) is 3.50. The Kier molecular flexibility index (Phi) is 5.39. The number of carbonyl (C=O) groups excluding carboxylic acids is 1. The lowest BCUT2D eigenvalue weighted by molar-refractivity contribution is 0.0670. The molecule has 4 heteroatoms. The largest absolute Gasteiger partial charge is 0.330 e. The van der Waals surface area contributed by atoms with Crippen LogP contribution in [0.5, 0.6) is 0 Å². The number of pyridine rings is 1. The third-order valence-corrected chi connectivity index (χ3v) is 4.85. The van der Waals surface area contributed by atoms with Crippen LogP contribution in [0.1, 0.15) is 27.9 Å². The summed E-state index contributed by atoms with van der Waals surface area (Å²) < 4.78 is 0. The molecule has 0 fully saturated rings. The lowest BCUT2D eigenvalue weighted by atomic mass is 10.1. The first-order valence-corrected chi connectivity index (χ1v) is 8.90. The van der Waals surface area contributed by atoms with Crippen molar-refractivity contribution < 1.29 is 4.79 Å². The monoisotopic (exact) mass is 336 g/mol. The molecule has 0 aliphatic rings. The van der Waals surface area contributed by atoms with Gasteiger partial charge in [-0.3, -0.25) is 9.78 Å². The van der Waals surface area contributed by atoms with Gasteiger partial charge in [0.15, 0.2) is 0 Å². The SMILES string of the molecule is C[C@H](Cc1cccs1)N(Cc1ccccc1)C(=O)c1ccccn1. The van der Waals surface area contributed by atoms with E-state index in [0.29, 0.717) is 12.2 Å². The van der Waals surface area contributed by atoms with Gasteiger partial charge in [-0.05, 0) is 36.1 Å². The Morgan fingerprint density at radius 3 is 2.54 bits per heavy atom. The molecule has 0 saturated heterocycles.